The SMILES string of the molecule is CN(C)P(C1=CC=CC1)N(C)C. The van der Waals surface area contributed by atoms with Crippen LogP contribution in [0.4, 0.5) is 0 Å². The highest BCUT2D eigenvalue weighted by Gasteiger charge is 2.19. The van der Waals surface area contributed by atoms with Crippen molar-refractivity contribution in [3.63, 3.8) is 0 Å². The van der Waals surface area contributed by atoms with E-state index >= 15 is 0 Å². The molecule has 0 atom stereocenters. The van der Waals surface area contributed by atoms with E-state index in [9.17, 15) is 0 Å². The molecule has 0 N–H and O–H groups in total. The standard InChI is InChI=1S/C9H17N2P/c1-10(2)12(11(3)4)9-7-5-6-8-9/h5-7H,8H2,1-4H3. The third kappa shape index (κ3) is 2.16. The number of rotatable bonds is 3. The molecule has 3 heteroatoms. The molecule has 0 heterocycles. The highest BCUT2D eigenvalue weighted by atomic mass is 31.1. The molecule has 12 heavy (non-hydrogen) atoms. The first-order chi connectivity index (χ1) is 5.63. The lowest BCUT2D eigenvalue weighted by Gasteiger charge is -2.31. The third-order valence-electron chi connectivity index (χ3n) is 1.77. The molecular formula is C9H17N2P. The fourth-order valence-corrected chi connectivity index (χ4v) is 3.69. The van der Waals surface area contributed by atoms with Crippen molar-refractivity contribution in [2.45, 2.75) is 6.42 Å². The van der Waals surface area contributed by atoms with E-state index in [0.29, 0.717) is 0 Å². The van der Waals surface area contributed by atoms with Gasteiger partial charge in [0.05, 0.1) is 8.22 Å². The minimum Gasteiger partial charge on any atom is -0.273 e. The van der Waals surface area contributed by atoms with E-state index in [4.69, 9.17) is 0 Å². The topological polar surface area (TPSA) is 6.48 Å². The van der Waals surface area contributed by atoms with Crippen LogP contribution in [0.15, 0.2) is 23.5 Å². The maximum absolute atomic E-state index is 2.30. The highest BCUT2D eigenvalue weighted by Crippen LogP contribution is 2.50. The van der Waals surface area contributed by atoms with Crippen molar-refractivity contribution >= 4 is 8.22 Å². The quantitative estimate of drug-likeness (QED) is 0.621. The van der Waals surface area contributed by atoms with Crippen LogP contribution in [0.25, 0.3) is 0 Å². The average Bonchev–Trinajstić information content (AvgIpc) is 2.37. The molecule has 0 radical (unpaired) electrons. The van der Waals surface area contributed by atoms with Crippen molar-refractivity contribution in [1.29, 1.82) is 0 Å². The fourth-order valence-electron chi connectivity index (χ4n) is 1.46. The van der Waals surface area contributed by atoms with Crippen LogP contribution >= 0.6 is 8.22 Å². The molecule has 0 aromatic heterocycles. The lowest BCUT2D eigenvalue weighted by atomic mass is 10.5. The third-order valence-corrected chi connectivity index (χ3v) is 4.13. The molecule has 1 aliphatic rings. The normalized spacial score (nSPS) is 16.8. The first-order valence-corrected chi connectivity index (χ1v) is 5.38. The molecule has 0 saturated carbocycles. The van der Waals surface area contributed by atoms with Gasteiger partial charge >= 0.3 is 0 Å². The molecule has 0 spiro atoms. The average molecular weight is 184 g/mol. The predicted octanol–water partition coefficient (Wildman–Crippen LogP) is 2.27. The van der Waals surface area contributed by atoms with Crippen LogP contribution in [-0.2, 0) is 0 Å². The van der Waals surface area contributed by atoms with Gasteiger partial charge in [0.1, 0.15) is 0 Å². The molecule has 0 aliphatic heterocycles. The van der Waals surface area contributed by atoms with Gasteiger partial charge in [0.15, 0.2) is 0 Å². The van der Waals surface area contributed by atoms with Crippen LogP contribution in [0.3, 0.4) is 0 Å². The zero-order chi connectivity index (χ0) is 9.14. The molecule has 0 amide bonds. The van der Waals surface area contributed by atoms with Gasteiger partial charge in [-0.25, -0.2) is 0 Å². The van der Waals surface area contributed by atoms with Crippen molar-refractivity contribution in [1.82, 2.24) is 9.34 Å². The first-order valence-electron chi connectivity index (χ1n) is 4.13. The monoisotopic (exact) mass is 184 g/mol. The first kappa shape index (κ1) is 9.91. The molecule has 0 aromatic rings. The van der Waals surface area contributed by atoms with Gasteiger partial charge in [-0.15, -0.1) is 0 Å². The van der Waals surface area contributed by atoms with Gasteiger partial charge in [0.25, 0.3) is 0 Å². The Morgan fingerprint density at radius 2 is 1.75 bits per heavy atom. The Bertz CT molecular complexity index is 199. The molecule has 0 unspecified atom stereocenters. The lowest BCUT2D eigenvalue weighted by Crippen LogP contribution is -2.17. The summed E-state index contributed by atoms with van der Waals surface area (Å²) < 4.78 is 4.60. The van der Waals surface area contributed by atoms with Crippen LogP contribution in [0.1, 0.15) is 6.42 Å². The van der Waals surface area contributed by atoms with Gasteiger partial charge in [-0.3, -0.25) is 9.34 Å². The number of allylic oxidation sites excluding steroid dienone is 4. The van der Waals surface area contributed by atoms with Crippen LogP contribution in [0.2, 0.25) is 0 Å². The minimum absolute atomic E-state index is 0.215. The Kier molecular flexibility index (Phi) is 3.45. The van der Waals surface area contributed by atoms with E-state index in [2.05, 4.69) is 55.8 Å². The van der Waals surface area contributed by atoms with Gasteiger partial charge in [-0.1, -0.05) is 18.2 Å². The Labute approximate surface area is 76.4 Å². The number of nitrogens with zero attached hydrogens (tertiary/aromatic N) is 2. The van der Waals surface area contributed by atoms with E-state index in [1.165, 1.54) is 0 Å². The summed E-state index contributed by atoms with van der Waals surface area (Å²) in [6.45, 7) is 0. The molecule has 1 rings (SSSR count). The Morgan fingerprint density at radius 1 is 1.17 bits per heavy atom. The van der Waals surface area contributed by atoms with Gasteiger partial charge < -0.3 is 0 Å². The summed E-state index contributed by atoms with van der Waals surface area (Å²) in [6.07, 6.45) is 7.74. The number of hydrogen-bond acceptors (Lipinski definition) is 2. The number of hydrogen-bond donors (Lipinski definition) is 0. The molecule has 0 aromatic carbocycles. The molecule has 0 fully saturated rings. The second-order valence-electron chi connectivity index (χ2n) is 3.27. The minimum atomic E-state index is -0.215. The smallest absolute Gasteiger partial charge is 0.0674 e. The van der Waals surface area contributed by atoms with Gasteiger partial charge in [0.2, 0.25) is 0 Å². The summed E-state index contributed by atoms with van der Waals surface area (Å²) in [5.74, 6) is 0. The summed E-state index contributed by atoms with van der Waals surface area (Å²) in [5, 5.41) is 1.54. The zero-order valence-corrected chi connectivity index (χ0v) is 9.18. The molecule has 0 bridgehead atoms. The van der Waals surface area contributed by atoms with Crippen LogP contribution in [0, 0.1) is 0 Å². The summed E-state index contributed by atoms with van der Waals surface area (Å²) in [5.41, 5.74) is 0. The van der Waals surface area contributed by atoms with E-state index in [1.807, 2.05) is 0 Å². The Morgan fingerprint density at radius 3 is 2.08 bits per heavy atom. The van der Waals surface area contributed by atoms with E-state index < -0.39 is 0 Å². The highest BCUT2D eigenvalue weighted by molar-refractivity contribution is 7.57. The maximum Gasteiger partial charge on any atom is 0.0674 e. The summed E-state index contributed by atoms with van der Waals surface area (Å²) in [7, 11) is 8.36. The largest absolute Gasteiger partial charge is 0.273 e. The van der Waals surface area contributed by atoms with Crippen molar-refractivity contribution in [2.75, 3.05) is 28.2 Å². The van der Waals surface area contributed by atoms with Gasteiger partial charge in [-0.2, -0.15) is 0 Å². The van der Waals surface area contributed by atoms with E-state index in [1.54, 1.807) is 5.31 Å². The Hall–Kier alpha value is -0.170. The molecule has 68 valence electrons. The van der Waals surface area contributed by atoms with Gasteiger partial charge in [-0.05, 0) is 39.9 Å². The van der Waals surface area contributed by atoms with E-state index in [0.717, 1.165) is 6.42 Å². The zero-order valence-electron chi connectivity index (χ0n) is 8.28. The van der Waals surface area contributed by atoms with Gasteiger partial charge in [0, 0.05) is 0 Å². The predicted molar refractivity (Wildman–Crippen MR) is 56.1 cm³/mol. The van der Waals surface area contributed by atoms with Crippen LogP contribution < -0.4 is 0 Å². The van der Waals surface area contributed by atoms with Crippen LogP contribution in [-0.4, -0.2) is 37.5 Å². The van der Waals surface area contributed by atoms with Crippen LogP contribution in [0.5, 0.6) is 0 Å². The summed E-state index contributed by atoms with van der Waals surface area (Å²) in [4.78, 5) is 0. The van der Waals surface area contributed by atoms with Crippen molar-refractivity contribution in [3.8, 4) is 0 Å². The molecule has 2 nitrogen and oxygen atoms in total. The lowest BCUT2D eigenvalue weighted by molar-refractivity contribution is 0.579. The van der Waals surface area contributed by atoms with Crippen molar-refractivity contribution in [3.05, 3.63) is 23.5 Å². The summed E-state index contributed by atoms with van der Waals surface area (Å²) in [6, 6.07) is 0. The molecule has 0 saturated heterocycles. The van der Waals surface area contributed by atoms with Crippen molar-refractivity contribution in [2.24, 2.45) is 0 Å². The molecular weight excluding hydrogens is 167 g/mol. The second-order valence-corrected chi connectivity index (χ2v) is 6.03. The van der Waals surface area contributed by atoms with E-state index in [-0.39, 0.29) is 8.22 Å². The fraction of sp³-hybridized carbons (Fsp3) is 0.556. The van der Waals surface area contributed by atoms with Crippen molar-refractivity contribution < 1.29 is 0 Å². The second kappa shape index (κ2) is 4.18. The Balaban J connectivity index is 2.66. The maximum atomic E-state index is 2.30. The molecule has 1 aliphatic carbocycles. The summed E-state index contributed by atoms with van der Waals surface area (Å²) >= 11 is 0.